The Morgan fingerprint density at radius 1 is 0.862 bits per heavy atom. The Morgan fingerprint density at radius 3 is 1.90 bits per heavy atom. The van der Waals surface area contributed by atoms with Crippen LogP contribution >= 0.6 is 0 Å². The summed E-state index contributed by atoms with van der Waals surface area (Å²) in [4.78, 5) is 13.0. The van der Waals surface area contributed by atoms with E-state index in [4.69, 9.17) is 0 Å². The van der Waals surface area contributed by atoms with E-state index in [2.05, 4.69) is 24.4 Å². The lowest BCUT2D eigenvalue weighted by atomic mass is 9.96. The number of carbonyl (C=O) groups is 1. The first-order valence-corrected chi connectivity index (χ1v) is 11.6. The van der Waals surface area contributed by atoms with Crippen LogP contribution in [0.15, 0.2) is 30.3 Å². The van der Waals surface area contributed by atoms with Crippen LogP contribution in [0.2, 0.25) is 0 Å². The monoisotopic (exact) mass is 416 g/mol. The van der Waals surface area contributed by atoms with Crippen LogP contribution in [0.3, 0.4) is 0 Å². The Hall–Kier alpha value is -2.34. The highest BCUT2D eigenvalue weighted by molar-refractivity contribution is 7.92. The lowest BCUT2D eigenvalue weighted by Gasteiger charge is -2.30. The van der Waals surface area contributed by atoms with E-state index in [1.165, 1.54) is 9.87 Å². The molecule has 2 atom stereocenters. The molecule has 0 spiro atoms. The minimum absolute atomic E-state index is 0.232. The van der Waals surface area contributed by atoms with Crippen molar-refractivity contribution in [1.29, 1.82) is 0 Å². The number of rotatable bonds is 6. The molecule has 1 amide bonds. The first kappa shape index (κ1) is 22.9. The predicted molar refractivity (Wildman–Crippen MR) is 120 cm³/mol. The van der Waals surface area contributed by atoms with Crippen molar-refractivity contribution in [2.75, 3.05) is 10.6 Å². The first-order chi connectivity index (χ1) is 13.3. The van der Waals surface area contributed by atoms with Gasteiger partial charge in [0.15, 0.2) is 0 Å². The molecule has 2 aromatic carbocycles. The summed E-state index contributed by atoms with van der Waals surface area (Å²) < 4.78 is 26.3. The van der Waals surface area contributed by atoms with Gasteiger partial charge in [0, 0.05) is 0 Å². The molecule has 0 aliphatic heterocycles. The lowest BCUT2D eigenvalue weighted by Crippen LogP contribution is -2.48. The molecule has 0 saturated heterocycles. The van der Waals surface area contributed by atoms with Gasteiger partial charge < -0.3 is 5.32 Å². The van der Waals surface area contributed by atoms with Crippen molar-refractivity contribution in [2.45, 2.75) is 60.5 Å². The van der Waals surface area contributed by atoms with E-state index in [1.807, 2.05) is 40.7 Å². The van der Waals surface area contributed by atoms with Gasteiger partial charge in [-0.25, -0.2) is 8.42 Å². The van der Waals surface area contributed by atoms with Crippen molar-refractivity contribution < 1.29 is 13.2 Å². The number of carbonyl (C=O) groups excluding carboxylic acids is 1. The molecule has 2 aromatic rings. The lowest BCUT2D eigenvalue weighted by molar-refractivity contribution is -0.122. The Balaban J connectivity index is 2.33. The summed E-state index contributed by atoms with van der Waals surface area (Å²) in [5.74, 6) is -0.334. The van der Waals surface area contributed by atoms with E-state index < -0.39 is 16.1 Å². The first-order valence-electron chi connectivity index (χ1n) is 9.77. The Bertz CT molecular complexity index is 1010. The second-order valence-corrected chi connectivity index (χ2v) is 9.96. The summed E-state index contributed by atoms with van der Waals surface area (Å²) in [5, 5.41) is 2.99. The number of amides is 1. The van der Waals surface area contributed by atoms with Gasteiger partial charge in [-0.05, 0) is 94.0 Å². The van der Waals surface area contributed by atoms with Crippen LogP contribution in [0.25, 0.3) is 0 Å². The smallest absolute Gasteiger partial charge is 0.244 e. The second-order valence-electron chi connectivity index (χ2n) is 8.10. The largest absolute Gasteiger partial charge is 0.348 e. The van der Waals surface area contributed by atoms with Crippen LogP contribution in [0.5, 0.6) is 0 Å². The summed E-state index contributed by atoms with van der Waals surface area (Å²) in [6, 6.07) is 8.63. The van der Waals surface area contributed by atoms with Crippen molar-refractivity contribution in [2.24, 2.45) is 0 Å². The van der Waals surface area contributed by atoms with Gasteiger partial charge in [0.1, 0.15) is 6.04 Å². The third-order valence-corrected chi connectivity index (χ3v) is 6.50. The van der Waals surface area contributed by atoms with Gasteiger partial charge >= 0.3 is 0 Å². The quantitative estimate of drug-likeness (QED) is 0.765. The zero-order valence-corrected chi connectivity index (χ0v) is 19.4. The highest BCUT2D eigenvalue weighted by Gasteiger charge is 2.30. The highest BCUT2D eigenvalue weighted by atomic mass is 32.2. The van der Waals surface area contributed by atoms with E-state index in [0.29, 0.717) is 5.69 Å². The number of benzene rings is 2. The summed E-state index contributed by atoms with van der Waals surface area (Å²) in [5.41, 5.74) is 6.89. The Labute approximate surface area is 175 Å². The minimum atomic E-state index is -3.64. The van der Waals surface area contributed by atoms with Crippen molar-refractivity contribution in [3.63, 3.8) is 0 Å². The van der Waals surface area contributed by atoms with E-state index in [0.717, 1.165) is 34.1 Å². The summed E-state index contributed by atoms with van der Waals surface area (Å²) >= 11 is 0. The topological polar surface area (TPSA) is 66.5 Å². The molecule has 1 N–H and O–H groups in total. The molecule has 5 nitrogen and oxygen atoms in total. The van der Waals surface area contributed by atoms with Crippen LogP contribution < -0.4 is 9.62 Å². The van der Waals surface area contributed by atoms with Crippen molar-refractivity contribution in [1.82, 2.24) is 5.32 Å². The summed E-state index contributed by atoms with van der Waals surface area (Å²) in [6.07, 6.45) is 1.13. The zero-order chi connectivity index (χ0) is 22.1. The third kappa shape index (κ3) is 5.38. The maximum atomic E-state index is 13.0. The molecular weight excluding hydrogens is 384 g/mol. The second kappa shape index (κ2) is 8.57. The van der Waals surface area contributed by atoms with Crippen LogP contribution in [0.4, 0.5) is 5.69 Å². The molecule has 0 radical (unpaired) electrons. The third-order valence-electron chi connectivity index (χ3n) is 5.26. The molecule has 0 saturated carbocycles. The molecule has 0 aromatic heterocycles. The number of nitrogens with one attached hydrogen (secondary N) is 1. The number of hydrogen-bond donors (Lipinski definition) is 1. The van der Waals surface area contributed by atoms with Gasteiger partial charge in [-0.2, -0.15) is 0 Å². The number of nitrogens with zero attached hydrogens (tertiary/aromatic N) is 1. The normalized spacial score (nSPS) is 13.7. The van der Waals surface area contributed by atoms with Crippen LogP contribution in [-0.2, 0) is 14.8 Å². The standard InChI is InChI=1S/C23H32N2O3S/c1-14-9-15(2)11-21(10-14)25(29(8,27)28)20(7)23(26)24-19(6)22-13-17(4)16(3)12-18(22)5/h9-13,19-20H,1-8H3,(H,24,26)/t19-,20-/m1/s1. The maximum absolute atomic E-state index is 13.0. The van der Waals surface area contributed by atoms with Crippen LogP contribution in [0, 0.1) is 34.6 Å². The van der Waals surface area contributed by atoms with Gasteiger partial charge in [-0.3, -0.25) is 9.10 Å². The van der Waals surface area contributed by atoms with Crippen molar-refractivity contribution in [3.8, 4) is 0 Å². The number of sulfonamides is 1. The average Bonchev–Trinajstić information content (AvgIpc) is 2.55. The number of anilines is 1. The van der Waals surface area contributed by atoms with Crippen LogP contribution in [-0.4, -0.2) is 26.6 Å². The van der Waals surface area contributed by atoms with Gasteiger partial charge in [0.05, 0.1) is 18.0 Å². The molecule has 29 heavy (non-hydrogen) atoms. The molecule has 0 aliphatic carbocycles. The fourth-order valence-electron chi connectivity index (χ4n) is 3.75. The molecule has 158 valence electrons. The fraction of sp³-hybridized carbons (Fsp3) is 0.435. The number of hydrogen-bond acceptors (Lipinski definition) is 3. The van der Waals surface area contributed by atoms with E-state index in [9.17, 15) is 13.2 Å². The van der Waals surface area contributed by atoms with E-state index in [1.54, 1.807) is 19.1 Å². The van der Waals surface area contributed by atoms with Crippen molar-refractivity contribution >= 4 is 21.6 Å². The van der Waals surface area contributed by atoms with Crippen molar-refractivity contribution in [3.05, 3.63) is 63.7 Å². The molecule has 0 bridgehead atoms. The molecule has 0 aliphatic rings. The molecule has 6 heteroatoms. The molecule has 0 unspecified atom stereocenters. The number of aryl methyl sites for hydroxylation is 5. The Kier molecular flexibility index (Phi) is 6.78. The van der Waals surface area contributed by atoms with E-state index in [-0.39, 0.29) is 11.9 Å². The zero-order valence-electron chi connectivity index (χ0n) is 18.6. The molecule has 2 rings (SSSR count). The van der Waals surface area contributed by atoms with Gasteiger partial charge in [-0.1, -0.05) is 18.2 Å². The van der Waals surface area contributed by atoms with Gasteiger partial charge in [0.2, 0.25) is 15.9 Å². The maximum Gasteiger partial charge on any atom is 0.244 e. The summed E-state index contributed by atoms with van der Waals surface area (Å²) in [6.45, 7) is 13.5. The minimum Gasteiger partial charge on any atom is -0.348 e. The molecular formula is C23H32N2O3S. The SMILES string of the molecule is Cc1cc(C)cc(N([C@H](C)C(=O)N[C@H](C)c2cc(C)c(C)cc2C)S(C)(=O)=O)c1. The van der Waals surface area contributed by atoms with E-state index >= 15 is 0 Å². The average molecular weight is 417 g/mol. The highest BCUT2D eigenvalue weighted by Crippen LogP contribution is 2.25. The molecule has 0 heterocycles. The van der Waals surface area contributed by atoms with Crippen LogP contribution in [0.1, 0.15) is 53.3 Å². The predicted octanol–water partition coefficient (Wildman–Crippen LogP) is 4.26. The molecule has 0 fully saturated rings. The van der Waals surface area contributed by atoms with Gasteiger partial charge in [-0.15, -0.1) is 0 Å². The fourth-order valence-corrected chi connectivity index (χ4v) is 4.91. The summed E-state index contributed by atoms with van der Waals surface area (Å²) in [7, 11) is -3.64. The van der Waals surface area contributed by atoms with Gasteiger partial charge in [0.25, 0.3) is 0 Å². The Morgan fingerprint density at radius 2 is 1.38 bits per heavy atom.